The number of carbonyl (C=O) groups excluding carboxylic acids is 1. The van der Waals surface area contributed by atoms with E-state index in [1.165, 1.54) is 89.9 Å². The van der Waals surface area contributed by atoms with Gasteiger partial charge in [-0.1, -0.05) is 129 Å². The molecule has 3 heteroatoms. The van der Waals surface area contributed by atoms with Gasteiger partial charge < -0.3 is 9.84 Å². The monoisotopic (exact) mass is 480 g/mol. The Morgan fingerprint density at radius 1 is 0.706 bits per heavy atom. The highest BCUT2D eigenvalue weighted by atomic mass is 16.5. The molecule has 0 aromatic carbocycles. The molecule has 0 aliphatic heterocycles. The molecular weight excluding hydrogens is 420 g/mol. The first-order chi connectivity index (χ1) is 16.6. The van der Waals surface area contributed by atoms with Crippen LogP contribution in [0.2, 0.25) is 0 Å². The molecule has 0 heterocycles. The van der Waals surface area contributed by atoms with Crippen LogP contribution in [0.3, 0.4) is 0 Å². The summed E-state index contributed by atoms with van der Waals surface area (Å²) >= 11 is 0. The number of allylic oxidation sites excluding steroid dienone is 1. The minimum Gasteiger partial charge on any atom is -0.466 e. The normalized spacial score (nSPS) is 12.6. The fraction of sp³-hybridized carbons (Fsp3) is 0.903. The molecule has 0 aliphatic rings. The lowest BCUT2D eigenvalue weighted by atomic mass is 10.0. The Labute approximate surface area is 213 Å². The largest absolute Gasteiger partial charge is 0.466 e. The van der Waals surface area contributed by atoms with E-state index in [-0.39, 0.29) is 12.1 Å². The molecule has 0 saturated carbocycles. The van der Waals surface area contributed by atoms with E-state index < -0.39 is 0 Å². The number of esters is 1. The van der Waals surface area contributed by atoms with Crippen LogP contribution in [-0.2, 0) is 9.53 Å². The lowest BCUT2D eigenvalue weighted by Gasteiger charge is -2.07. The van der Waals surface area contributed by atoms with E-state index in [0.717, 1.165) is 50.9 Å². The van der Waals surface area contributed by atoms with Gasteiger partial charge in [-0.15, -0.1) is 0 Å². The van der Waals surface area contributed by atoms with Gasteiger partial charge in [0.1, 0.15) is 0 Å². The number of hydrogen-bond donors (Lipinski definition) is 1. The summed E-state index contributed by atoms with van der Waals surface area (Å²) in [5, 5.41) is 9.95. The van der Waals surface area contributed by atoms with Crippen LogP contribution in [0.1, 0.15) is 162 Å². The molecule has 3 nitrogen and oxygen atoms in total. The smallest absolute Gasteiger partial charge is 0.305 e. The summed E-state index contributed by atoms with van der Waals surface area (Å²) in [4.78, 5) is 11.8. The van der Waals surface area contributed by atoms with Gasteiger partial charge in [0.05, 0.1) is 12.7 Å². The Bertz CT molecular complexity index is 444. The average Bonchev–Trinajstić information content (AvgIpc) is 2.81. The van der Waals surface area contributed by atoms with Gasteiger partial charge in [0, 0.05) is 6.42 Å². The minimum atomic E-state index is -0.165. The number of aliphatic hydroxyl groups excluding tert-OH is 1. The third-order valence-corrected chi connectivity index (χ3v) is 6.66. The van der Waals surface area contributed by atoms with Crippen molar-refractivity contribution in [3.8, 4) is 0 Å². The predicted octanol–water partition coefficient (Wildman–Crippen LogP) is 9.70. The zero-order valence-electron chi connectivity index (χ0n) is 23.3. The molecule has 0 aromatic heterocycles. The van der Waals surface area contributed by atoms with Crippen LogP contribution in [0.5, 0.6) is 0 Å². The average molecular weight is 481 g/mol. The fourth-order valence-electron chi connectivity index (χ4n) is 4.33. The van der Waals surface area contributed by atoms with Gasteiger partial charge in [-0.25, -0.2) is 0 Å². The van der Waals surface area contributed by atoms with Crippen LogP contribution < -0.4 is 0 Å². The van der Waals surface area contributed by atoms with E-state index in [4.69, 9.17) is 4.74 Å². The molecule has 0 spiro atoms. The van der Waals surface area contributed by atoms with Crippen LogP contribution in [0.25, 0.3) is 0 Å². The van der Waals surface area contributed by atoms with Crippen molar-refractivity contribution in [2.24, 2.45) is 5.92 Å². The van der Waals surface area contributed by atoms with E-state index in [0.29, 0.717) is 13.0 Å². The second kappa shape index (κ2) is 26.8. The van der Waals surface area contributed by atoms with E-state index >= 15 is 0 Å². The predicted molar refractivity (Wildman–Crippen MR) is 148 cm³/mol. The van der Waals surface area contributed by atoms with Crippen LogP contribution in [0.15, 0.2) is 12.2 Å². The first kappa shape index (κ1) is 33.2. The van der Waals surface area contributed by atoms with Crippen LogP contribution in [0, 0.1) is 5.92 Å². The number of carbonyl (C=O) groups is 1. The maximum atomic E-state index is 11.8. The number of aliphatic hydroxyl groups is 1. The third kappa shape index (κ3) is 27.4. The van der Waals surface area contributed by atoms with E-state index in [1.54, 1.807) is 0 Å². The van der Waals surface area contributed by atoms with Crippen molar-refractivity contribution in [2.75, 3.05) is 6.61 Å². The van der Waals surface area contributed by atoms with Crippen molar-refractivity contribution in [2.45, 2.75) is 168 Å². The number of unbranched alkanes of at least 4 members (excludes halogenated alkanes) is 15. The molecule has 1 atom stereocenters. The zero-order chi connectivity index (χ0) is 25.1. The van der Waals surface area contributed by atoms with Crippen molar-refractivity contribution < 1.29 is 14.6 Å². The van der Waals surface area contributed by atoms with Gasteiger partial charge in [0.15, 0.2) is 0 Å². The first-order valence-electron chi connectivity index (χ1n) is 15.0. The molecule has 0 saturated heterocycles. The summed E-state index contributed by atoms with van der Waals surface area (Å²) in [6.07, 6.45) is 29.9. The highest BCUT2D eigenvalue weighted by Gasteiger charge is 2.03. The van der Waals surface area contributed by atoms with Crippen molar-refractivity contribution in [3.05, 3.63) is 12.2 Å². The lowest BCUT2D eigenvalue weighted by Crippen LogP contribution is -2.05. The van der Waals surface area contributed by atoms with Crippen molar-refractivity contribution >= 4 is 5.97 Å². The molecule has 1 N–H and O–H groups in total. The highest BCUT2D eigenvalue weighted by Crippen LogP contribution is 2.13. The molecule has 34 heavy (non-hydrogen) atoms. The molecule has 202 valence electrons. The summed E-state index contributed by atoms with van der Waals surface area (Å²) in [5.41, 5.74) is 0. The van der Waals surface area contributed by atoms with Crippen molar-refractivity contribution in [3.63, 3.8) is 0 Å². The first-order valence-corrected chi connectivity index (χ1v) is 15.0. The van der Waals surface area contributed by atoms with Gasteiger partial charge >= 0.3 is 5.97 Å². The summed E-state index contributed by atoms with van der Waals surface area (Å²) < 4.78 is 5.38. The Kier molecular flexibility index (Phi) is 26.1. The minimum absolute atomic E-state index is 0.0127. The Balaban J connectivity index is 3.29. The van der Waals surface area contributed by atoms with E-state index in [2.05, 4.69) is 32.9 Å². The van der Waals surface area contributed by atoms with Crippen LogP contribution in [-0.4, -0.2) is 23.8 Å². The molecule has 0 unspecified atom stereocenters. The molecule has 0 rings (SSSR count). The fourth-order valence-corrected chi connectivity index (χ4v) is 4.33. The third-order valence-electron chi connectivity index (χ3n) is 6.66. The molecular formula is C31H60O3. The Hall–Kier alpha value is -0.830. The maximum Gasteiger partial charge on any atom is 0.305 e. The van der Waals surface area contributed by atoms with Gasteiger partial charge in [-0.2, -0.15) is 0 Å². The molecule has 0 bridgehead atoms. The van der Waals surface area contributed by atoms with Gasteiger partial charge in [-0.3, -0.25) is 4.79 Å². The zero-order valence-corrected chi connectivity index (χ0v) is 23.3. The summed E-state index contributed by atoms with van der Waals surface area (Å²) in [6.45, 7) is 7.43. The molecule has 0 amide bonds. The highest BCUT2D eigenvalue weighted by molar-refractivity contribution is 5.69. The van der Waals surface area contributed by atoms with Gasteiger partial charge in [0.25, 0.3) is 0 Å². The molecule has 0 aromatic rings. The molecule has 0 fully saturated rings. The van der Waals surface area contributed by atoms with Crippen molar-refractivity contribution in [1.82, 2.24) is 0 Å². The van der Waals surface area contributed by atoms with E-state index in [1.807, 2.05) is 0 Å². The quantitative estimate of drug-likeness (QED) is 0.0761. The number of rotatable bonds is 26. The number of hydrogen-bond acceptors (Lipinski definition) is 3. The topological polar surface area (TPSA) is 46.5 Å². The lowest BCUT2D eigenvalue weighted by molar-refractivity contribution is -0.143. The SMILES string of the molecule is CCCCCC[C@@H](O)C/C=C\CCCCCCCC(=O)OCCCCCCCCCCC(C)C. The van der Waals surface area contributed by atoms with Crippen LogP contribution >= 0.6 is 0 Å². The van der Waals surface area contributed by atoms with Gasteiger partial charge in [0.2, 0.25) is 0 Å². The standard InChI is InChI=1S/C31H60O3/c1-4-5-6-20-25-30(32)26-21-16-12-7-8-13-17-22-27-31(33)34-28-23-18-14-10-9-11-15-19-24-29(2)3/h16,21,29-30,32H,4-15,17-20,22-28H2,1-3H3/b21-16-/t30-/m1/s1. The van der Waals surface area contributed by atoms with Crippen molar-refractivity contribution in [1.29, 1.82) is 0 Å². The van der Waals surface area contributed by atoms with Gasteiger partial charge in [-0.05, 0) is 44.4 Å². The second-order valence-electron chi connectivity index (χ2n) is 10.7. The summed E-state index contributed by atoms with van der Waals surface area (Å²) in [5.74, 6) is 0.832. The van der Waals surface area contributed by atoms with E-state index in [9.17, 15) is 9.90 Å². The molecule has 0 aliphatic carbocycles. The Morgan fingerprint density at radius 2 is 1.26 bits per heavy atom. The summed E-state index contributed by atoms with van der Waals surface area (Å²) in [7, 11) is 0. The Morgan fingerprint density at radius 3 is 1.94 bits per heavy atom. The van der Waals surface area contributed by atoms with Crippen LogP contribution in [0.4, 0.5) is 0 Å². The maximum absolute atomic E-state index is 11.8. The second-order valence-corrected chi connectivity index (χ2v) is 10.7. The number of ether oxygens (including phenoxy) is 1. The summed E-state index contributed by atoms with van der Waals surface area (Å²) in [6, 6.07) is 0. The molecule has 0 radical (unpaired) electrons.